The molecule has 0 radical (unpaired) electrons. The summed E-state index contributed by atoms with van der Waals surface area (Å²) in [4.78, 5) is 0. The molecule has 2 unspecified atom stereocenters. The zero-order chi connectivity index (χ0) is 8.69. The van der Waals surface area contributed by atoms with E-state index in [-0.39, 0.29) is 6.04 Å². The fourth-order valence-corrected chi connectivity index (χ4v) is 0.926. The number of rotatable bonds is 6. The molecule has 0 aliphatic rings. The van der Waals surface area contributed by atoms with Crippen LogP contribution in [-0.2, 0) is 0 Å². The van der Waals surface area contributed by atoms with Gasteiger partial charge in [-0.25, -0.2) is 0 Å². The van der Waals surface area contributed by atoms with Gasteiger partial charge in [0.2, 0.25) is 0 Å². The van der Waals surface area contributed by atoms with Crippen LogP contribution >= 0.6 is 0 Å². The molecule has 0 saturated carbocycles. The highest BCUT2D eigenvalue weighted by Crippen LogP contribution is 2.01. The highest BCUT2D eigenvalue weighted by atomic mass is 16.3. The van der Waals surface area contributed by atoms with Crippen LogP contribution in [0.1, 0.15) is 19.3 Å². The van der Waals surface area contributed by atoms with Crippen molar-refractivity contribution in [1.29, 1.82) is 0 Å². The molecule has 0 fully saturated rings. The van der Waals surface area contributed by atoms with Gasteiger partial charge in [-0.2, -0.15) is 0 Å². The van der Waals surface area contributed by atoms with Gasteiger partial charge in [0.15, 0.2) is 0 Å². The average molecular weight is 161 g/mol. The normalized spacial score (nSPS) is 16.4. The van der Waals surface area contributed by atoms with Gasteiger partial charge >= 0.3 is 0 Å². The van der Waals surface area contributed by atoms with Crippen LogP contribution in [0.25, 0.3) is 0 Å². The maximum Gasteiger partial charge on any atom is 0.0692 e. The third-order valence-electron chi connectivity index (χ3n) is 1.70. The SMILES string of the molecule is NCCCC(O)C(N)CCN. The predicted molar refractivity (Wildman–Crippen MR) is 45.9 cm³/mol. The second kappa shape index (κ2) is 6.54. The molecule has 0 saturated heterocycles. The van der Waals surface area contributed by atoms with Crippen LogP contribution in [0.3, 0.4) is 0 Å². The summed E-state index contributed by atoms with van der Waals surface area (Å²) in [5.74, 6) is 0. The van der Waals surface area contributed by atoms with Crippen LogP contribution < -0.4 is 17.2 Å². The third kappa shape index (κ3) is 5.15. The quantitative estimate of drug-likeness (QED) is 0.392. The summed E-state index contributed by atoms with van der Waals surface area (Å²) in [6, 6.07) is -0.188. The molecule has 0 amide bonds. The number of aliphatic hydroxyl groups excluding tert-OH is 1. The van der Waals surface area contributed by atoms with Gasteiger partial charge in [0, 0.05) is 6.04 Å². The summed E-state index contributed by atoms with van der Waals surface area (Å²) < 4.78 is 0. The summed E-state index contributed by atoms with van der Waals surface area (Å²) >= 11 is 0. The maximum atomic E-state index is 9.34. The van der Waals surface area contributed by atoms with E-state index >= 15 is 0 Å². The van der Waals surface area contributed by atoms with Gasteiger partial charge in [0.25, 0.3) is 0 Å². The Bertz CT molecular complexity index is 89.8. The molecule has 0 rings (SSSR count). The molecule has 7 N–H and O–H groups in total. The molecule has 2 atom stereocenters. The standard InChI is InChI=1S/C7H19N3O/c8-4-1-2-7(11)6(10)3-5-9/h6-7,11H,1-5,8-10H2. The monoisotopic (exact) mass is 161 g/mol. The van der Waals surface area contributed by atoms with Crippen molar-refractivity contribution in [3.63, 3.8) is 0 Å². The highest BCUT2D eigenvalue weighted by Gasteiger charge is 2.12. The Morgan fingerprint density at radius 1 is 1.09 bits per heavy atom. The van der Waals surface area contributed by atoms with Crippen molar-refractivity contribution in [3.8, 4) is 0 Å². The van der Waals surface area contributed by atoms with Gasteiger partial charge in [0.1, 0.15) is 0 Å². The topological polar surface area (TPSA) is 98.3 Å². The van der Waals surface area contributed by atoms with Crippen molar-refractivity contribution in [1.82, 2.24) is 0 Å². The fraction of sp³-hybridized carbons (Fsp3) is 1.00. The molecule has 0 bridgehead atoms. The van der Waals surface area contributed by atoms with E-state index in [9.17, 15) is 5.11 Å². The van der Waals surface area contributed by atoms with Gasteiger partial charge in [0.05, 0.1) is 6.10 Å². The molecule has 0 aliphatic heterocycles. The van der Waals surface area contributed by atoms with Crippen LogP contribution in [0.2, 0.25) is 0 Å². The lowest BCUT2D eigenvalue weighted by molar-refractivity contribution is 0.130. The predicted octanol–water partition coefficient (Wildman–Crippen LogP) is -1.24. The smallest absolute Gasteiger partial charge is 0.0692 e. The van der Waals surface area contributed by atoms with E-state index < -0.39 is 6.10 Å². The molecule has 11 heavy (non-hydrogen) atoms. The van der Waals surface area contributed by atoms with Crippen molar-refractivity contribution in [3.05, 3.63) is 0 Å². The Hall–Kier alpha value is -0.160. The lowest BCUT2D eigenvalue weighted by Crippen LogP contribution is -2.36. The van der Waals surface area contributed by atoms with Gasteiger partial charge in [-0.3, -0.25) is 0 Å². The van der Waals surface area contributed by atoms with E-state index in [1.807, 2.05) is 0 Å². The van der Waals surface area contributed by atoms with E-state index in [0.29, 0.717) is 25.9 Å². The number of aliphatic hydroxyl groups is 1. The Labute approximate surface area is 67.7 Å². The Balaban J connectivity index is 3.38. The highest BCUT2D eigenvalue weighted by molar-refractivity contribution is 4.71. The molecule has 4 nitrogen and oxygen atoms in total. The van der Waals surface area contributed by atoms with Crippen molar-refractivity contribution in [2.24, 2.45) is 17.2 Å². The summed E-state index contributed by atoms with van der Waals surface area (Å²) in [5, 5.41) is 9.34. The molecular weight excluding hydrogens is 142 g/mol. The van der Waals surface area contributed by atoms with Crippen LogP contribution in [0, 0.1) is 0 Å². The average Bonchev–Trinajstić information content (AvgIpc) is 2.00. The summed E-state index contributed by atoms with van der Waals surface area (Å²) in [6.45, 7) is 1.13. The van der Waals surface area contributed by atoms with Gasteiger partial charge in [-0.05, 0) is 32.4 Å². The minimum Gasteiger partial charge on any atom is -0.392 e. The van der Waals surface area contributed by atoms with E-state index in [2.05, 4.69) is 0 Å². The Kier molecular flexibility index (Phi) is 6.45. The van der Waals surface area contributed by atoms with E-state index in [4.69, 9.17) is 17.2 Å². The van der Waals surface area contributed by atoms with Crippen LogP contribution in [0.4, 0.5) is 0 Å². The molecule has 0 aromatic rings. The van der Waals surface area contributed by atoms with Crippen molar-refractivity contribution >= 4 is 0 Å². The second-order valence-electron chi connectivity index (χ2n) is 2.74. The molecule has 4 heteroatoms. The van der Waals surface area contributed by atoms with Crippen LogP contribution in [-0.4, -0.2) is 30.3 Å². The molecule has 0 spiro atoms. The zero-order valence-corrected chi connectivity index (χ0v) is 6.87. The summed E-state index contributed by atoms with van der Waals surface area (Å²) in [7, 11) is 0. The number of nitrogens with two attached hydrogens (primary N) is 3. The number of hydrogen-bond acceptors (Lipinski definition) is 4. The molecule has 0 aliphatic carbocycles. The molecule has 0 aromatic carbocycles. The minimum atomic E-state index is -0.443. The van der Waals surface area contributed by atoms with Gasteiger partial charge < -0.3 is 22.3 Å². The lowest BCUT2D eigenvalue weighted by atomic mass is 10.0. The molecule has 68 valence electrons. The van der Waals surface area contributed by atoms with Crippen molar-refractivity contribution in [2.45, 2.75) is 31.4 Å². The van der Waals surface area contributed by atoms with Crippen molar-refractivity contribution in [2.75, 3.05) is 13.1 Å². The van der Waals surface area contributed by atoms with E-state index in [1.165, 1.54) is 0 Å². The second-order valence-corrected chi connectivity index (χ2v) is 2.74. The third-order valence-corrected chi connectivity index (χ3v) is 1.70. The fourth-order valence-electron chi connectivity index (χ4n) is 0.926. The summed E-state index contributed by atoms with van der Waals surface area (Å²) in [5.41, 5.74) is 16.2. The van der Waals surface area contributed by atoms with Crippen molar-refractivity contribution < 1.29 is 5.11 Å². The minimum absolute atomic E-state index is 0.188. The first-order valence-electron chi connectivity index (χ1n) is 4.06. The van der Waals surface area contributed by atoms with Gasteiger partial charge in [-0.15, -0.1) is 0 Å². The van der Waals surface area contributed by atoms with Crippen LogP contribution in [0.5, 0.6) is 0 Å². The molecular formula is C7H19N3O. The largest absolute Gasteiger partial charge is 0.392 e. The molecule has 0 heterocycles. The lowest BCUT2D eigenvalue weighted by Gasteiger charge is -2.17. The molecule has 0 aromatic heterocycles. The first-order chi connectivity index (χ1) is 5.22. The summed E-state index contributed by atoms with van der Waals surface area (Å²) in [6.07, 6.45) is 1.73. The van der Waals surface area contributed by atoms with E-state index in [0.717, 1.165) is 6.42 Å². The zero-order valence-electron chi connectivity index (χ0n) is 6.87. The Morgan fingerprint density at radius 3 is 2.18 bits per heavy atom. The Morgan fingerprint density at radius 2 is 1.73 bits per heavy atom. The first kappa shape index (κ1) is 10.8. The maximum absolute atomic E-state index is 9.34. The van der Waals surface area contributed by atoms with Gasteiger partial charge in [-0.1, -0.05) is 0 Å². The number of hydrogen-bond donors (Lipinski definition) is 4. The van der Waals surface area contributed by atoms with E-state index in [1.54, 1.807) is 0 Å². The van der Waals surface area contributed by atoms with Crippen LogP contribution in [0.15, 0.2) is 0 Å². The first-order valence-corrected chi connectivity index (χ1v) is 4.06.